The summed E-state index contributed by atoms with van der Waals surface area (Å²) in [4.78, 5) is 30.6. The second kappa shape index (κ2) is 8.80. The first-order chi connectivity index (χ1) is 19.4. The summed E-state index contributed by atoms with van der Waals surface area (Å²) in [7, 11) is 1.66. The minimum absolute atomic E-state index is 0.109. The van der Waals surface area contributed by atoms with E-state index >= 15 is 0 Å². The molecule has 1 atom stereocenters. The minimum Gasteiger partial charge on any atom is -0.497 e. The van der Waals surface area contributed by atoms with Gasteiger partial charge in [-0.2, -0.15) is 0 Å². The van der Waals surface area contributed by atoms with Crippen LogP contribution in [0, 0.1) is 11.8 Å². The van der Waals surface area contributed by atoms with Crippen LogP contribution in [0.3, 0.4) is 0 Å². The number of pyridine rings is 2. The van der Waals surface area contributed by atoms with E-state index in [0.717, 1.165) is 44.1 Å². The van der Waals surface area contributed by atoms with E-state index in [-0.39, 0.29) is 18.6 Å². The third kappa shape index (κ3) is 3.61. The van der Waals surface area contributed by atoms with Crippen molar-refractivity contribution < 1.29 is 19.4 Å². The largest absolute Gasteiger partial charge is 0.497 e. The summed E-state index contributed by atoms with van der Waals surface area (Å²) in [5, 5.41) is 14.2. The number of carbonyl (C=O) groups excluding carboxylic acids is 1. The average Bonchev–Trinajstić information content (AvgIpc) is 3.34. The molecular weight excluding hydrogens is 504 g/mol. The second-order valence-electron chi connectivity index (χ2n) is 10.2. The molecule has 0 saturated heterocycles. The number of aromatic nitrogens is 2. The predicted octanol–water partition coefficient (Wildman–Crippen LogP) is 4.64. The average molecular weight is 529 g/mol. The van der Waals surface area contributed by atoms with Crippen LogP contribution in [0.4, 0.5) is 0 Å². The fraction of sp³-hybridized carbons (Fsp3) is 0.182. The zero-order valence-electron chi connectivity index (χ0n) is 21.9. The molecule has 4 heterocycles. The van der Waals surface area contributed by atoms with Crippen molar-refractivity contribution in [2.45, 2.75) is 32.1 Å². The van der Waals surface area contributed by atoms with Crippen LogP contribution in [-0.4, -0.2) is 27.7 Å². The van der Waals surface area contributed by atoms with Crippen LogP contribution in [0.1, 0.15) is 41.2 Å². The van der Waals surface area contributed by atoms with Gasteiger partial charge in [0.25, 0.3) is 5.56 Å². The lowest BCUT2D eigenvalue weighted by Gasteiger charge is -2.31. The van der Waals surface area contributed by atoms with Gasteiger partial charge >= 0.3 is 5.97 Å². The number of nitrogens with zero attached hydrogens (tertiary/aromatic N) is 2. The molecule has 40 heavy (non-hydrogen) atoms. The molecule has 0 saturated carbocycles. The van der Waals surface area contributed by atoms with Crippen molar-refractivity contribution in [3.63, 3.8) is 0 Å². The predicted molar refractivity (Wildman–Crippen MR) is 151 cm³/mol. The number of cyclic esters (lactones) is 1. The maximum Gasteiger partial charge on any atom is 0.343 e. The summed E-state index contributed by atoms with van der Waals surface area (Å²) >= 11 is 0. The summed E-state index contributed by atoms with van der Waals surface area (Å²) < 4.78 is 12.1. The minimum atomic E-state index is -1.84. The molecule has 0 radical (unpaired) electrons. The first kappa shape index (κ1) is 24.1. The number of fused-ring (bicyclic) bond motifs is 6. The van der Waals surface area contributed by atoms with E-state index in [2.05, 4.69) is 17.9 Å². The molecule has 0 bridgehead atoms. The second-order valence-corrected chi connectivity index (χ2v) is 10.2. The fourth-order valence-corrected chi connectivity index (χ4v) is 5.64. The lowest BCUT2D eigenvalue weighted by atomic mass is 9.86. The highest BCUT2D eigenvalue weighted by Gasteiger charge is 2.45. The summed E-state index contributed by atoms with van der Waals surface area (Å²) in [5.41, 5.74) is 3.24. The van der Waals surface area contributed by atoms with E-state index in [1.807, 2.05) is 54.6 Å². The first-order valence-corrected chi connectivity index (χ1v) is 13.1. The van der Waals surface area contributed by atoms with Crippen molar-refractivity contribution in [3.8, 4) is 29.0 Å². The molecule has 2 aromatic heterocycles. The van der Waals surface area contributed by atoms with Crippen molar-refractivity contribution in [2.75, 3.05) is 7.11 Å². The number of benzene rings is 3. The number of rotatable bonds is 2. The van der Waals surface area contributed by atoms with Crippen LogP contribution in [0.2, 0.25) is 0 Å². The Bertz CT molecular complexity index is 2030. The van der Waals surface area contributed by atoms with E-state index in [1.165, 1.54) is 0 Å². The molecule has 7 rings (SSSR count). The molecule has 3 aromatic carbocycles. The quantitative estimate of drug-likeness (QED) is 0.260. The van der Waals surface area contributed by atoms with Gasteiger partial charge in [-0.3, -0.25) is 4.79 Å². The van der Waals surface area contributed by atoms with Crippen molar-refractivity contribution >= 4 is 27.6 Å². The lowest BCUT2D eigenvalue weighted by molar-refractivity contribution is -0.172. The molecular formula is C33H24N2O5. The smallest absolute Gasteiger partial charge is 0.343 e. The lowest BCUT2D eigenvalue weighted by Crippen LogP contribution is -2.44. The Morgan fingerprint density at radius 2 is 1.70 bits per heavy atom. The first-order valence-electron chi connectivity index (χ1n) is 13.1. The van der Waals surface area contributed by atoms with Crippen LogP contribution in [0.25, 0.3) is 33.1 Å². The van der Waals surface area contributed by atoms with E-state index in [9.17, 15) is 14.7 Å². The number of carbonyl (C=O) groups is 1. The Balaban J connectivity index is 1.26. The van der Waals surface area contributed by atoms with Gasteiger partial charge in [0, 0.05) is 27.6 Å². The normalized spacial score (nSPS) is 17.0. The SMILES string of the molecule is CC[C@@]1(O)C(=O)OCc2c1cc1n(c2=O)Cc2cc3cc(C#Cc4ccc5cc(OC)ccc5c4)ccc3nc2-1. The Labute approximate surface area is 229 Å². The van der Waals surface area contributed by atoms with Crippen molar-refractivity contribution in [2.24, 2.45) is 0 Å². The number of aliphatic hydroxyl groups is 1. The fourth-order valence-electron chi connectivity index (χ4n) is 5.64. The van der Waals surface area contributed by atoms with Gasteiger partial charge in [-0.25, -0.2) is 9.78 Å². The molecule has 0 fully saturated rings. The summed E-state index contributed by atoms with van der Waals surface area (Å²) in [5.74, 6) is 6.61. The molecule has 7 heteroatoms. The van der Waals surface area contributed by atoms with E-state index in [1.54, 1.807) is 24.7 Å². The molecule has 5 aromatic rings. The van der Waals surface area contributed by atoms with Crippen LogP contribution in [-0.2, 0) is 28.3 Å². The molecule has 0 unspecified atom stereocenters. The molecule has 0 aliphatic carbocycles. The van der Waals surface area contributed by atoms with Gasteiger partial charge in [-0.05, 0) is 71.8 Å². The van der Waals surface area contributed by atoms with Gasteiger partial charge in [0.2, 0.25) is 0 Å². The molecule has 2 aliphatic rings. The number of hydrogen-bond acceptors (Lipinski definition) is 6. The number of hydrogen-bond donors (Lipinski definition) is 1. The van der Waals surface area contributed by atoms with Gasteiger partial charge in [0.15, 0.2) is 5.60 Å². The van der Waals surface area contributed by atoms with E-state index in [0.29, 0.717) is 29.1 Å². The molecule has 0 amide bonds. The van der Waals surface area contributed by atoms with Crippen LogP contribution in [0.5, 0.6) is 5.75 Å². The zero-order valence-corrected chi connectivity index (χ0v) is 21.9. The molecule has 0 spiro atoms. The highest BCUT2D eigenvalue weighted by molar-refractivity contribution is 5.88. The van der Waals surface area contributed by atoms with Crippen LogP contribution < -0.4 is 10.3 Å². The van der Waals surface area contributed by atoms with Gasteiger partial charge in [0.05, 0.1) is 36.1 Å². The number of ether oxygens (including phenoxy) is 2. The monoisotopic (exact) mass is 528 g/mol. The third-order valence-electron chi connectivity index (χ3n) is 7.91. The Kier molecular flexibility index (Phi) is 5.31. The molecule has 2 aliphatic heterocycles. The number of esters is 1. The Morgan fingerprint density at radius 1 is 0.975 bits per heavy atom. The maximum atomic E-state index is 13.4. The van der Waals surface area contributed by atoms with Gasteiger partial charge in [-0.15, -0.1) is 0 Å². The van der Waals surface area contributed by atoms with Gasteiger partial charge in [-0.1, -0.05) is 30.9 Å². The topological polar surface area (TPSA) is 90.7 Å². The molecule has 196 valence electrons. The van der Waals surface area contributed by atoms with Gasteiger partial charge in [0.1, 0.15) is 12.4 Å². The summed E-state index contributed by atoms with van der Waals surface area (Å²) in [6, 6.07) is 21.7. The maximum absolute atomic E-state index is 13.4. The summed E-state index contributed by atoms with van der Waals surface area (Å²) in [6.07, 6.45) is 0.109. The Hall–Kier alpha value is -4.93. The van der Waals surface area contributed by atoms with Crippen LogP contribution in [0.15, 0.2) is 71.5 Å². The highest BCUT2D eigenvalue weighted by atomic mass is 16.6. The number of methoxy groups -OCH3 is 1. The highest BCUT2D eigenvalue weighted by Crippen LogP contribution is 2.38. The van der Waals surface area contributed by atoms with E-state index in [4.69, 9.17) is 14.5 Å². The standard InChI is InChI=1S/C33H24N2O5/c1-3-33(38)27-16-29-30-24(17-35(29)31(36)26(27)18-40-32(33)37)14-23-13-20(7-11-28(23)34-30)5-4-19-6-8-22-15-25(39-2)10-9-21(22)12-19/h6-16,38H,3,17-18H2,1-2H3/t33-/m0/s1. The van der Waals surface area contributed by atoms with Crippen molar-refractivity contribution in [1.82, 2.24) is 9.55 Å². The third-order valence-corrected chi connectivity index (χ3v) is 7.91. The van der Waals surface area contributed by atoms with Crippen molar-refractivity contribution in [3.05, 3.63) is 105 Å². The van der Waals surface area contributed by atoms with Crippen LogP contribution >= 0.6 is 0 Å². The van der Waals surface area contributed by atoms with Crippen molar-refractivity contribution in [1.29, 1.82) is 0 Å². The van der Waals surface area contributed by atoms with Gasteiger partial charge < -0.3 is 19.1 Å². The molecule has 1 N–H and O–H groups in total. The van der Waals surface area contributed by atoms with E-state index < -0.39 is 11.6 Å². The zero-order chi connectivity index (χ0) is 27.6. The summed E-state index contributed by atoms with van der Waals surface area (Å²) in [6.45, 7) is 1.91. The Morgan fingerprint density at radius 3 is 2.48 bits per heavy atom. The molecule has 7 nitrogen and oxygen atoms in total.